The van der Waals surface area contributed by atoms with E-state index in [0.717, 1.165) is 51.7 Å². The summed E-state index contributed by atoms with van der Waals surface area (Å²) in [7, 11) is 0. The average molecular weight is 276 g/mol. The second-order valence-corrected chi connectivity index (χ2v) is 6.08. The first-order chi connectivity index (χ1) is 9.79. The molecule has 1 heterocycles. The van der Waals surface area contributed by atoms with Crippen LogP contribution in [-0.2, 0) is 14.9 Å². The van der Waals surface area contributed by atoms with Crippen LogP contribution in [0.4, 0.5) is 0 Å². The highest BCUT2D eigenvalue weighted by Crippen LogP contribution is 2.48. The van der Waals surface area contributed by atoms with E-state index in [1.54, 1.807) is 0 Å². The molecule has 1 N–H and O–H groups in total. The first-order valence-electron chi connectivity index (χ1n) is 7.73. The number of ether oxygens (including phenoxy) is 2. The third kappa shape index (κ3) is 2.62. The van der Waals surface area contributed by atoms with Gasteiger partial charge in [0.2, 0.25) is 0 Å². The summed E-state index contributed by atoms with van der Waals surface area (Å²) in [6.45, 7) is 1.73. The minimum Gasteiger partial charge on any atom is -0.396 e. The van der Waals surface area contributed by atoms with Crippen molar-refractivity contribution < 1.29 is 14.6 Å². The highest BCUT2D eigenvalue weighted by molar-refractivity contribution is 5.26. The largest absolute Gasteiger partial charge is 0.396 e. The molecule has 1 aliphatic heterocycles. The molecule has 0 amide bonds. The molecular formula is C17H24O3. The Balaban J connectivity index is 1.78. The normalized spacial score (nSPS) is 24.1. The molecule has 0 atom stereocenters. The minimum absolute atomic E-state index is 0.185. The van der Waals surface area contributed by atoms with Crippen LogP contribution in [0.15, 0.2) is 30.3 Å². The van der Waals surface area contributed by atoms with Crippen LogP contribution in [0.1, 0.15) is 44.1 Å². The van der Waals surface area contributed by atoms with Gasteiger partial charge in [0.15, 0.2) is 5.79 Å². The molecule has 1 aromatic carbocycles. The Morgan fingerprint density at radius 3 is 2.20 bits per heavy atom. The van der Waals surface area contributed by atoms with E-state index >= 15 is 0 Å². The average Bonchev–Trinajstić information content (AvgIpc) is 2.97. The standard InChI is InChI=1S/C17H24O3/c18-12-4-7-16(15-5-2-1-3-6-15)8-10-17(11-9-16)19-13-14-20-17/h1-3,5-6,18H,4,7-14H2. The van der Waals surface area contributed by atoms with Gasteiger partial charge < -0.3 is 14.6 Å². The molecule has 20 heavy (non-hydrogen) atoms. The third-order valence-electron chi connectivity index (χ3n) is 4.98. The zero-order valence-corrected chi connectivity index (χ0v) is 12.0. The van der Waals surface area contributed by atoms with Crippen LogP contribution in [0.2, 0.25) is 0 Å². The van der Waals surface area contributed by atoms with Crippen LogP contribution in [-0.4, -0.2) is 30.7 Å². The number of hydrogen-bond acceptors (Lipinski definition) is 3. The van der Waals surface area contributed by atoms with Gasteiger partial charge in [-0.05, 0) is 36.7 Å². The van der Waals surface area contributed by atoms with E-state index in [2.05, 4.69) is 30.3 Å². The Hall–Kier alpha value is -0.900. The van der Waals surface area contributed by atoms with Crippen LogP contribution >= 0.6 is 0 Å². The Labute approximate surface area is 120 Å². The maximum absolute atomic E-state index is 9.21. The minimum atomic E-state index is -0.308. The fraction of sp³-hybridized carbons (Fsp3) is 0.647. The lowest BCUT2D eigenvalue weighted by Crippen LogP contribution is -2.42. The Morgan fingerprint density at radius 2 is 1.60 bits per heavy atom. The molecule has 0 unspecified atom stereocenters. The molecule has 0 bridgehead atoms. The molecule has 1 spiro atoms. The van der Waals surface area contributed by atoms with Crippen molar-refractivity contribution in [2.75, 3.05) is 19.8 Å². The molecule has 2 aliphatic rings. The molecule has 1 aromatic rings. The number of aliphatic hydroxyl groups excluding tert-OH is 1. The van der Waals surface area contributed by atoms with E-state index in [1.807, 2.05) is 0 Å². The summed E-state index contributed by atoms with van der Waals surface area (Å²) in [5.41, 5.74) is 1.59. The molecule has 3 heteroatoms. The van der Waals surface area contributed by atoms with Crippen LogP contribution in [0.5, 0.6) is 0 Å². The monoisotopic (exact) mass is 276 g/mol. The van der Waals surface area contributed by atoms with Gasteiger partial charge in [0.05, 0.1) is 13.2 Å². The summed E-state index contributed by atoms with van der Waals surface area (Å²) < 4.78 is 11.7. The fourth-order valence-electron chi connectivity index (χ4n) is 3.79. The van der Waals surface area contributed by atoms with Crippen LogP contribution in [0.25, 0.3) is 0 Å². The number of aliphatic hydroxyl groups is 1. The molecular weight excluding hydrogens is 252 g/mol. The van der Waals surface area contributed by atoms with E-state index in [9.17, 15) is 5.11 Å². The van der Waals surface area contributed by atoms with Gasteiger partial charge in [0, 0.05) is 19.4 Å². The first kappa shape index (κ1) is 14.1. The maximum Gasteiger partial charge on any atom is 0.168 e. The maximum atomic E-state index is 9.21. The van der Waals surface area contributed by atoms with Gasteiger partial charge in [-0.3, -0.25) is 0 Å². The summed E-state index contributed by atoms with van der Waals surface area (Å²) >= 11 is 0. The first-order valence-corrected chi connectivity index (χ1v) is 7.73. The molecule has 1 saturated carbocycles. The second-order valence-electron chi connectivity index (χ2n) is 6.08. The van der Waals surface area contributed by atoms with Crippen LogP contribution < -0.4 is 0 Å². The van der Waals surface area contributed by atoms with Gasteiger partial charge in [0.25, 0.3) is 0 Å². The molecule has 1 saturated heterocycles. The van der Waals surface area contributed by atoms with Gasteiger partial charge in [-0.25, -0.2) is 0 Å². The zero-order valence-electron chi connectivity index (χ0n) is 12.0. The predicted octanol–water partition coefficient (Wildman–Crippen LogP) is 3.01. The van der Waals surface area contributed by atoms with Gasteiger partial charge in [-0.2, -0.15) is 0 Å². The van der Waals surface area contributed by atoms with Gasteiger partial charge in [-0.15, -0.1) is 0 Å². The van der Waals surface area contributed by atoms with Crippen LogP contribution in [0, 0.1) is 0 Å². The van der Waals surface area contributed by atoms with Gasteiger partial charge >= 0.3 is 0 Å². The lowest BCUT2D eigenvalue weighted by Gasteiger charge is -2.44. The van der Waals surface area contributed by atoms with Crippen molar-refractivity contribution in [1.82, 2.24) is 0 Å². The second kappa shape index (κ2) is 5.84. The summed E-state index contributed by atoms with van der Waals surface area (Å²) in [6.07, 6.45) is 6.00. The van der Waals surface area contributed by atoms with Crippen molar-refractivity contribution in [3.63, 3.8) is 0 Å². The van der Waals surface area contributed by atoms with Gasteiger partial charge in [0.1, 0.15) is 0 Å². The van der Waals surface area contributed by atoms with Crippen molar-refractivity contribution in [3.8, 4) is 0 Å². The topological polar surface area (TPSA) is 38.7 Å². The summed E-state index contributed by atoms with van der Waals surface area (Å²) in [6, 6.07) is 10.8. The number of hydrogen-bond donors (Lipinski definition) is 1. The Kier molecular flexibility index (Phi) is 4.11. The highest BCUT2D eigenvalue weighted by Gasteiger charge is 2.46. The zero-order chi connectivity index (χ0) is 13.9. The fourth-order valence-corrected chi connectivity index (χ4v) is 3.79. The summed E-state index contributed by atoms with van der Waals surface area (Å²) in [5.74, 6) is -0.308. The summed E-state index contributed by atoms with van der Waals surface area (Å²) in [4.78, 5) is 0. The van der Waals surface area contributed by atoms with Crippen molar-refractivity contribution in [2.45, 2.75) is 49.7 Å². The van der Waals surface area contributed by atoms with Gasteiger partial charge in [-0.1, -0.05) is 30.3 Å². The molecule has 2 fully saturated rings. The quantitative estimate of drug-likeness (QED) is 0.918. The van der Waals surface area contributed by atoms with E-state index in [4.69, 9.17) is 9.47 Å². The molecule has 0 radical (unpaired) electrons. The van der Waals surface area contributed by atoms with E-state index in [0.29, 0.717) is 0 Å². The number of rotatable bonds is 4. The molecule has 3 nitrogen and oxygen atoms in total. The van der Waals surface area contributed by atoms with E-state index in [-0.39, 0.29) is 17.8 Å². The highest BCUT2D eigenvalue weighted by atomic mass is 16.7. The Bertz CT molecular complexity index is 413. The molecule has 3 rings (SSSR count). The number of benzene rings is 1. The Morgan fingerprint density at radius 1 is 0.950 bits per heavy atom. The SMILES string of the molecule is OCCCC1(c2ccccc2)CCC2(CC1)OCCO2. The van der Waals surface area contributed by atoms with Crippen LogP contribution in [0.3, 0.4) is 0 Å². The molecule has 0 aromatic heterocycles. The predicted molar refractivity (Wildman–Crippen MR) is 77.5 cm³/mol. The van der Waals surface area contributed by atoms with Crippen molar-refractivity contribution in [3.05, 3.63) is 35.9 Å². The molecule has 110 valence electrons. The third-order valence-corrected chi connectivity index (χ3v) is 4.98. The lowest BCUT2D eigenvalue weighted by molar-refractivity contribution is -0.185. The van der Waals surface area contributed by atoms with Crippen molar-refractivity contribution in [1.29, 1.82) is 0 Å². The van der Waals surface area contributed by atoms with Crippen molar-refractivity contribution in [2.24, 2.45) is 0 Å². The van der Waals surface area contributed by atoms with Crippen molar-refractivity contribution >= 4 is 0 Å². The molecule has 1 aliphatic carbocycles. The smallest absolute Gasteiger partial charge is 0.168 e. The van der Waals surface area contributed by atoms with E-state index < -0.39 is 0 Å². The lowest BCUT2D eigenvalue weighted by atomic mass is 9.65. The van der Waals surface area contributed by atoms with E-state index in [1.165, 1.54) is 5.56 Å². The summed E-state index contributed by atoms with van der Waals surface area (Å²) in [5, 5.41) is 9.21.